The molecule has 106 valence electrons. The summed E-state index contributed by atoms with van der Waals surface area (Å²) in [5.74, 6) is -0.0354. The van der Waals surface area contributed by atoms with Gasteiger partial charge in [0.05, 0.1) is 0 Å². The largest absolute Gasteiger partial charge is 0.433 e. The van der Waals surface area contributed by atoms with Gasteiger partial charge in [0.15, 0.2) is 5.69 Å². The molecule has 1 saturated carbocycles. The minimum atomic E-state index is -4.51. The maximum absolute atomic E-state index is 12.6. The van der Waals surface area contributed by atoms with Crippen LogP contribution in [0, 0.1) is 0 Å². The molecule has 1 aromatic rings. The number of rotatable bonds is 2. The average molecular weight is 294 g/mol. The topological polar surface area (TPSA) is 37.8 Å². The molecule has 0 atom stereocenters. The normalized spacial score (nSPS) is 18.1. The summed E-state index contributed by atoms with van der Waals surface area (Å²) in [5.41, 5.74) is -1.01. The number of halogens is 4. The zero-order valence-electron chi connectivity index (χ0n) is 10.3. The van der Waals surface area contributed by atoms with Gasteiger partial charge in [-0.1, -0.05) is 37.3 Å². The van der Waals surface area contributed by atoms with E-state index < -0.39 is 11.9 Å². The van der Waals surface area contributed by atoms with E-state index in [2.05, 4.69) is 15.3 Å². The molecule has 1 N–H and O–H groups in total. The van der Waals surface area contributed by atoms with Crippen molar-refractivity contribution in [1.82, 2.24) is 9.97 Å². The molecule has 0 spiro atoms. The lowest BCUT2D eigenvalue weighted by molar-refractivity contribution is -0.141. The van der Waals surface area contributed by atoms with Crippen LogP contribution < -0.4 is 5.32 Å². The van der Waals surface area contributed by atoms with E-state index in [9.17, 15) is 13.2 Å². The molecule has 1 aliphatic carbocycles. The molecule has 0 aromatic carbocycles. The fourth-order valence-electron chi connectivity index (χ4n) is 2.23. The SMILES string of the molecule is FC(F)(F)c1cc(Cl)nc(NC2CCCCCC2)n1. The molecule has 3 nitrogen and oxygen atoms in total. The second-order valence-electron chi connectivity index (χ2n) is 4.73. The standard InChI is InChI=1S/C12H15ClF3N3/c13-10-7-9(12(14,15)16)18-11(19-10)17-8-5-3-1-2-4-6-8/h7-8H,1-6H2,(H,17,18,19). The monoisotopic (exact) mass is 293 g/mol. The van der Waals surface area contributed by atoms with Gasteiger partial charge in [0.25, 0.3) is 0 Å². The molecule has 0 amide bonds. The maximum atomic E-state index is 12.6. The third-order valence-corrected chi connectivity index (χ3v) is 3.37. The lowest BCUT2D eigenvalue weighted by atomic mass is 10.1. The first-order chi connectivity index (χ1) is 8.95. The number of hydrogen-bond donors (Lipinski definition) is 1. The molecule has 1 heterocycles. The van der Waals surface area contributed by atoms with Crippen LogP contribution in [0.5, 0.6) is 0 Å². The Balaban J connectivity index is 2.13. The van der Waals surface area contributed by atoms with Gasteiger partial charge in [0.2, 0.25) is 5.95 Å². The first kappa shape index (κ1) is 14.4. The Labute approximate surface area is 114 Å². The Morgan fingerprint density at radius 3 is 2.32 bits per heavy atom. The molecule has 7 heteroatoms. The molecule has 1 fully saturated rings. The van der Waals surface area contributed by atoms with Crippen LogP contribution in [0.2, 0.25) is 5.15 Å². The Kier molecular flexibility index (Phi) is 4.50. The Bertz CT molecular complexity index is 429. The summed E-state index contributed by atoms with van der Waals surface area (Å²) in [5, 5.41) is 2.77. The van der Waals surface area contributed by atoms with Crippen LogP contribution in [0.3, 0.4) is 0 Å². The quantitative estimate of drug-likeness (QED) is 0.653. The van der Waals surface area contributed by atoms with Crippen molar-refractivity contribution in [3.05, 3.63) is 16.9 Å². The van der Waals surface area contributed by atoms with E-state index in [1.165, 1.54) is 12.8 Å². The van der Waals surface area contributed by atoms with Crippen molar-refractivity contribution in [3.8, 4) is 0 Å². The average Bonchev–Trinajstić information content (AvgIpc) is 2.55. The highest BCUT2D eigenvalue weighted by molar-refractivity contribution is 6.29. The summed E-state index contributed by atoms with van der Waals surface area (Å²) >= 11 is 5.61. The van der Waals surface area contributed by atoms with Crippen molar-refractivity contribution in [2.45, 2.75) is 50.7 Å². The maximum Gasteiger partial charge on any atom is 0.433 e. The zero-order chi connectivity index (χ0) is 13.9. The number of anilines is 1. The predicted molar refractivity (Wildman–Crippen MR) is 67.2 cm³/mol. The molecule has 19 heavy (non-hydrogen) atoms. The Morgan fingerprint density at radius 2 is 1.74 bits per heavy atom. The highest BCUT2D eigenvalue weighted by atomic mass is 35.5. The van der Waals surface area contributed by atoms with Gasteiger partial charge in [0, 0.05) is 12.1 Å². The fourth-order valence-corrected chi connectivity index (χ4v) is 2.42. The molecule has 0 unspecified atom stereocenters. The van der Waals surface area contributed by atoms with E-state index in [1.807, 2.05) is 0 Å². The molecule has 0 saturated heterocycles. The van der Waals surface area contributed by atoms with Gasteiger partial charge >= 0.3 is 6.18 Å². The Hall–Kier alpha value is -1.04. The molecule has 0 aliphatic heterocycles. The van der Waals surface area contributed by atoms with Gasteiger partial charge in [-0.05, 0) is 12.8 Å². The molecule has 1 aliphatic rings. The van der Waals surface area contributed by atoms with Crippen LogP contribution >= 0.6 is 11.6 Å². The molecular weight excluding hydrogens is 279 g/mol. The molecule has 1 aromatic heterocycles. The summed E-state index contributed by atoms with van der Waals surface area (Å²) in [4.78, 5) is 7.31. The molecule has 2 rings (SSSR count). The highest BCUT2D eigenvalue weighted by Gasteiger charge is 2.33. The van der Waals surface area contributed by atoms with Gasteiger partial charge in [-0.15, -0.1) is 0 Å². The smallest absolute Gasteiger partial charge is 0.351 e. The molecule has 0 radical (unpaired) electrons. The lowest BCUT2D eigenvalue weighted by Gasteiger charge is -2.17. The van der Waals surface area contributed by atoms with Gasteiger partial charge in [-0.3, -0.25) is 0 Å². The highest BCUT2D eigenvalue weighted by Crippen LogP contribution is 2.30. The van der Waals surface area contributed by atoms with Crippen LogP contribution in [-0.4, -0.2) is 16.0 Å². The van der Waals surface area contributed by atoms with Gasteiger partial charge in [-0.25, -0.2) is 9.97 Å². The van der Waals surface area contributed by atoms with Crippen LogP contribution in [0.25, 0.3) is 0 Å². The van der Waals surface area contributed by atoms with Crippen molar-refractivity contribution in [1.29, 1.82) is 0 Å². The summed E-state index contributed by atoms with van der Waals surface area (Å²) in [6, 6.07) is 0.863. The van der Waals surface area contributed by atoms with Gasteiger partial charge < -0.3 is 5.32 Å². The van der Waals surface area contributed by atoms with Crippen molar-refractivity contribution in [3.63, 3.8) is 0 Å². The molecule has 0 bridgehead atoms. The van der Waals surface area contributed by atoms with E-state index in [0.717, 1.165) is 31.7 Å². The number of nitrogens with zero attached hydrogens (tertiary/aromatic N) is 2. The van der Waals surface area contributed by atoms with Crippen LogP contribution in [0.1, 0.15) is 44.2 Å². The Morgan fingerprint density at radius 1 is 1.11 bits per heavy atom. The number of nitrogens with one attached hydrogen (secondary N) is 1. The minimum Gasteiger partial charge on any atom is -0.351 e. The first-order valence-electron chi connectivity index (χ1n) is 6.33. The summed E-state index contributed by atoms with van der Waals surface area (Å²) < 4.78 is 37.8. The molecular formula is C12H15ClF3N3. The van der Waals surface area contributed by atoms with Crippen LogP contribution in [0.15, 0.2) is 6.07 Å². The zero-order valence-corrected chi connectivity index (χ0v) is 11.1. The second kappa shape index (κ2) is 5.94. The summed E-state index contributed by atoms with van der Waals surface area (Å²) in [6.45, 7) is 0. The van der Waals surface area contributed by atoms with E-state index in [0.29, 0.717) is 0 Å². The van der Waals surface area contributed by atoms with Gasteiger partial charge in [0.1, 0.15) is 5.15 Å². The number of alkyl halides is 3. The fraction of sp³-hybridized carbons (Fsp3) is 0.667. The second-order valence-corrected chi connectivity index (χ2v) is 5.12. The van der Waals surface area contributed by atoms with E-state index >= 15 is 0 Å². The van der Waals surface area contributed by atoms with Crippen molar-refractivity contribution >= 4 is 17.5 Å². The van der Waals surface area contributed by atoms with Crippen LogP contribution in [-0.2, 0) is 6.18 Å². The number of aromatic nitrogens is 2. The van der Waals surface area contributed by atoms with E-state index in [1.54, 1.807) is 0 Å². The van der Waals surface area contributed by atoms with Crippen molar-refractivity contribution in [2.24, 2.45) is 0 Å². The third-order valence-electron chi connectivity index (χ3n) is 3.17. The van der Waals surface area contributed by atoms with Crippen molar-refractivity contribution in [2.75, 3.05) is 5.32 Å². The lowest BCUT2D eigenvalue weighted by Crippen LogP contribution is -2.21. The number of hydrogen-bond acceptors (Lipinski definition) is 3. The predicted octanol–water partition coefficient (Wildman–Crippen LogP) is 4.28. The minimum absolute atomic E-state index is 0.0354. The summed E-state index contributed by atoms with van der Waals surface area (Å²) in [6.07, 6.45) is 1.83. The van der Waals surface area contributed by atoms with Crippen molar-refractivity contribution < 1.29 is 13.2 Å². The van der Waals surface area contributed by atoms with Gasteiger partial charge in [-0.2, -0.15) is 13.2 Å². The first-order valence-corrected chi connectivity index (χ1v) is 6.71. The van der Waals surface area contributed by atoms with Crippen LogP contribution in [0.4, 0.5) is 19.1 Å². The summed E-state index contributed by atoms with van der Waals surface area (Å²) in [7, 11) is 0. The van der Waals surface area contributed by atoms with E-state index in [-0.39, 0.29) is 17.1 Å². The van der Waals surface area contributed by atoms with E-state index in [4.69, 9.17) is 11.6 Å². The third kappa shape index (κ3) is 4.23.